The normalized spacial score (nSPS) is 17.4. The Kier molecular flexibility index (Phi) is 6.37. The predicted molar refractivity (Wildman–Crippen MR) is 57.9 cm³/mol. The van der Waals surface area contributed by atoms with Crippen molar-refractivity contribution < 1.29 is 6.22 Å². The molecule has 0 atom stereocenters. The Bertz CT molecular complexity index is 145. The number of carbonyl (C=O) groups is 1. The Labute approximate surface area is 83.0 Å². The van der Waals surface area contributed by atoms with Crippen molar-refractivity contribution in [3.05, 3.63) is 0 Å². The molecule has 80 valence electrons. The Morgan fingerprint density at radius 3 is 2.23 bits per heavy atom. The van der Waals surface area contributed by atoms with Gasteiger partial charge in [-0.05, 0) is 18.8 Å². The number of nitrogens with one attached hydrogen (secondary N) is 1. The summed E-state index contributed by atoms with van der Waals surface area (Å²) in [5.41, 5.74) is 0. The summed E-state index contributed by atoms with van der Waals surface area (Å²) < 4.78 is 0. The lowest BCUT2D eigenvalue weighted by molar-refractivity contribution is 0.176. The fraction of sp³-hybridized carbons (Fsp3) is 0.900. The maximum Gasteiger partial charge on any atom is 0.317 e. The quantitative estimate of drug-likeness (QED) is 0.621. The first-order chi connectivity index (χ1) is 6.24. The topological polar surface area (TPSA) is 32.3 Å². The minimum atomic E-state index is 0. The van der Waals surface area contributed by atoms with Crippen LogP contribution in [0.1, 0.15) is 35.0 Å². The van der Waals surface area contributed by atoms with Crippen molar-refractivity contribution in [1.82, 2.24) is 10.2 Å². The molecule has 1 N–H and O–H groups in total. The molecule has 1 rings (SSSR count). The van der Waals surface area contributed by atoms with Crippen LogP contribution >= 0.6 is 0 Å². The van der Waals surface area contributed by atoms with Crippen molar-refractivity contribution in [3.8, 4) is 0 Å². The van der Waals surface area contributed by atoms with Gasteiger partial charge in [0.2, 0.25) is 0 Å². The van der Waals surface area contributed by atoms with Crippen LogP contribution in [-0.4, -0.2) is 31.1 Å². The van der Waals surface area contributed by atoms with E-state index < -0.39 is 0 Å². The maximum absolute atomic E-state index is 11.1. The van der Waals surface area contributed by atoms with Gasteiger partial charge < -0.3 is 10.2 Å². The van der Waals surface area contributed by atoms with Crippen molar-refractivity contribution in [1.29, 1.82) is 0 Å². The number of amides is 2. The molecule has 2 amide bonds. The zero-order valence-electron chi connectivity index (χ0n) is 9.26. The summed E-state index contributed by atoms with van der Waals surface area (Å²) in [6, 6.07) is 0.0666. The minimum absolute atomic E-state index is 0. The van der Waals surface area contributed by atoms with Crippen molar-refractivity contribution >= 4 is 6.03 Å². The molecule has 0 aromatic rings. The van der Waals surface area contributed by atoms with Crippen LogP contribution in [0.3, 0.4) is 0 Å². The van der Waals surface area contributed by atoms with E-state index in [1.165, 1.54) is 0 Å². The maximum atomic E-state index is 11.1. The van der Waals surface area contributed by atoms with Crippen LogP contribution in [0.25, 0.3) is 0 Å². The molecule has 1 heterocycles. The van der Waals surface area contributed by atoms with Gasteiger partial charge in [-0.25, -0.2) is 4.79 Å². The third kappa shape index (κ3) is 4.15. The average Bonchev–Trinajstić information content (AvgIpc) is 2.21. The van der Waals surface area contributed by atoms with Crippen LogP contribution in [0.15, 0.2) is 0 Å². The molecule has 0 aromatic heterocycles. The summed E-state index contributed by atoms with van der Waals surface area (Å²) in [4.78, 5) is 13.0. The van der Waals surface area contributed by atoms with Crippen LogP contribution in [0, 0.1) is 5.92 Å². The smallest absolute Gasteiger partial charge is 0.317 e. The zero-order valence-corrected chi connectivity index (χ0v) is 9.26. The van der Waals surface area contributed by atoms with E-state index >= 15 is 0 Å². The van der Waals surface area contributed by atoms with Gasteiger partial charge in [0.1, 0.15) is 0 Å². The summed E-state index contributed by atoms with van der Waals surface area (Å²) in [6.45, 7) is 8.07. The van der Waals surface area contributed by atoms with Gasteiger partial charge in [0.25, 0.3) is 0 Å². The molecule has 0 saturated carbocycles. The number of rotatable bonds is 0. The van der Waals surface area contributed by atoms with Crippen LogP contribution in [0.4, 0.5) is 4.79 Å². The molecular formula is C10H24N2O. The molecule has 0 bridgehead atoms. The fourth-order valence-corrected chi connectivity index (χ4v) is 1.37. The number of nitrogens with zero attached hydrogens (tertiary/aromatic N) is 1. The van der Waals surface area contributed by atoms with E-state index in [0.717, 1.165) is 31.8 Å². The highest BCUT2D eigenvalue weighted by Crippen LogP contribution is 2.15. The molecular weight excluding hydrogens is 164 g/mol. The van der Waals surface area contributed by atoms with Gasteiger partial charge in [0, 0.05) is 21.6 Å². The molecule has 1 fully saturated rings. The van der Waals surface area contributed by atoms with Crippen molar-refractivity contribution in [2.24, 2.45) is 5.92 Å². The second-order valence-corrected chi connectivity index (χ2v) is 3.22. The highest BCUT2D eigenvalue weighted by atomic mass is 16.2. The molecule has 3 nitrogen and oxygen atoms in total. The zero-order chi connectivity index (χ0) is 10.3. The first-order valence-corrected chi connectivity index (χ1v) is 5.20. The number of likely N-dealkylation sites (tertiary alicyclic amines) is 1. The second-order valence-electron chi connectivity index (χ2n) is 3.22. The lowest BCUT2D eigenvalue weighted by Gasteiger charge is -2.29. The Morgan fingerprint density at radius 2 is 1.85 bits per heavy atom. The van der Waals surface area contributed by atoms with Gasteiger partial charge >= 0.3 is 6.03 Å². The first-order valence-electron chi connectivity index (χ1n) is 5.20. The lowest BCUT2D eigenvalue weighted by Crippen LogP contribution is -2.42. The van der Waals surface area contributed by atoms with E-state index in [-0.39, 0.29) is 7.46 Å². The number of urea groups is 1. The molecule has 0 aliphatic carbocycles. The summed E-state index contributed by atoms with van der Waals surface area (Å²) in [7, 11) is 1.68. The van der Waals surface area contributed by atoms with E-state index in [9.17, 15) is 4.79 Å². The van der Waals surface area contributed by atoms with Gasteiger partial charge in [-0.1, -0.05) is 20.8 Å². The third-order valence-corrected chi connectivity index (χ3v) is 2.28. The van der Waals surface area contributed by atoms with Crippen molar-refractivity contribution in [2.45, 2.75) is 33.6 Å². The van der Waals surface area contributed by atoms with Gasteiger partial charge in [-0.2, -0.15) is 0 Å². The van der Waals surface area contributed by atoms with E-state index in [0.29, 0.717) is 0 Å². The summed E-state index contributed by atoms with van der Waals surface area (Å²) in [5, 5.41) is 2.64. The minimum Gasteiger partial charge on any atom is -0.341 e. The molecule has 13 heavy (non-hydrogen) atoms. The number of hydrogen-bond acceptors (Lipinski definition) is 1. The fourth-order valence-electron chi connectivity index (χ4n) is 1.37. The molecule has 1 saturated heterocycles. The second kappa shape index (κ2) is 6.75. The lowest BCUT2D eigenvalue weighted by atomic mass is 10.00. The van der Waals surface area contributed by atoms with Crippen LogP contribution in [0.2, 0.25) is 0 Å². The SMILES string of the molecule is CC.CNC(=O)N1CCC(C)CC1.[HH]. The van der Waals surface area contributed by atoms with Gasteiger partial charge in [0.05, 0.1) is 0 Å². The molecule has 0 aromatic carbocycles. The van der Waals surface area contributed by atoms with Crippen LogP contribution in [0.5, 0.6) is 0 Å². The Hall–Kier alpha value is -0.730. The standard InChI is InChI=1S/C8H16N2O.C2H6.H2/c1-7-3-5-10(6-4-7)8(11)9-2;1-2;/h7H,3-6H2,1-2H3,(H,9,11);1-2H3;1H. The summed E-state index contributed by atoms with van der Waals surface area (Å²) in [5.74, 6) is 0.788. The van der Waals surface area contributed by atoms with Gasteiger partial charge in [0.15, 0.2) is 0 Å². The van der Waals surface area contributed by atoms with Crippen LogP contribution in [-0.2, 0) is 0 Å². The van der Waals surface area contributed by atoms with Gasteiger partial charge in [-0.3, -0.25) is 0 Å². The molecule has 1 aliphatic rings. The predicted octanol–water partition coefficient (Wildman–Crippen LogP) is 2.33. The number of carbonyl (C=O) groups excluding carboxylic acids is 1. The van der Waals surface area contributed by atoms with E-state index in [1.54, 1.807) is 7.05 Å². The molecule has 1 aliphatic heterocycles. The first kappa shape index (κ1) is 12.3. The van der Waals surface area contributed by atoms with Crippen LogP contribution < -0.4 is 5.32 Å². The van der Waals surface area contributed by atoms with Gasteiger partial charge in [-0.15, -0.1) is 0 Å². The van der Waals surface area contributed by atoms with E-state index in [2.05, 4.69) is 12.2 Å². The average molecular weight is 188 g/mol. The highest BCUT2D eigenvalue weighted by molar-refractivity contribution is 5.73. The van der Waals surface area contributed by atoms with E-state index in [1.807, 2.05) is 18.7 Å². The largest absolute Gasteiger partial charge is 0.341 e. The third-order valence-electron chi connectivity index (χ3n) is 2.28. The van der Waals surface area contributed by atoms with Crippen molar-refractivity contribution in [2.75, 3.05) is 20.1 Å². The molecule has 0 spiro atoms. The Morgan fingerprint density at radius 1 is 1.38 bits per heavy atom. The number of piperidine rings is 1. The molecule has 0 unspecified atom stereocenters. The molecule has 3 heteroatoms. The Balaban J connectivity index is 0. The summed E-state index contributed by atoms with van der Waals surface area (Å²) >= 11 is 0. The summed E-state index contributed by atoms with van der Waals surface area (Å²) in [6.07, 6.45) is 2.29. The monoisotopic (exact) mass is 188 g/mol. The highest BCUT2D eigenvalue weighted by Gasteiger charge is 2.18. The van der Waals surface area contributed by atoms with Crippen molar-refractivity contribution in [3.63, 3.8) is 0 Å². The molecule has 0 radical (unpaired) electrons. The van der Waals surface area contributed by atoms with E-state index in [4.69, 9.17) is 0 Å². The number of hydrogen-bond donors (Lipinski definition) is 1.